The van der Waals surface area contributed by atoms with Crippen LogP contribution in [0.1, 0.15) is 21.5 Å². The zero-order chi connectivity index (χ0) is 23.1. The molecule has 3 aromatic carbocycles. The van der Waals surface area contributed by atoms with Crippen molar-refractivity contribution < 1.29 is 9.90 Å². The zero-order valence-electron chi connectivity index (χ0n) is 17.9. The second kappa shape index (κ2) is 8.26. The van der Waals surface area contributed by atoms with E-state index in [0.717, 1.165) is 26.7 Å². The average Bonchev–Trinajstić information content (AvgIpc) is 3.11. The minimum Gasteiger partial charge on any atom is -0.493 e. The highest BCUT2D eigenvalue weighted by atomic mass is 79.9. The van der Waals surface area contributed by atoms with Gasteiger partial charge in [-0.1, -0.05) is 51.3 Å². The number of nitrogens with one attached hydrogen (secondary N) is 1. The summed E-state index contributed by atoms with van der Waals surface area (Å²) in [6.45, 7) is 3.91. The number of aromatic nitrogens is 2. The molecule has 0 radical (unpaired) electrons. The Balaban J connectivity index is 1.62. The van der Waals surface area contributed by atoms with Gasteiger partial charge in [-0.3, -0.25) is 4.79 Å². The predicted molar refractivity (Wildman–Crippen MR) is 133 cm³/mol. The fourth-order valence-corrected chi connectivity index (χ4v) is 4.08. The number of azo groups is 1. The maximum Gasteiger partial charge on any atom is 0.296 e. The molecule has 0 bridgehead atoms. The zero-order valence-corrected chi connectivity index (χ0v) is 19.5. The monoisotopic (exact) mass is 498 g/mol. The number of aryl methyl sites for hydroxylation is 2. The lowest BCUT2D eigenvalue weighted by Gasteiger charge is -2.08. The molecule has 33 heavy (non-hydrogen) atoms. The predicted octanol–water partition coefficient (Wildman–Crippen LogP) is 7.39. The highest BCUT2D eigenvalue weighted by Crippen LogP contribution is 2.36. The first-order valence-corrected chi connectivity index (χ1v) is 11.1. The van der Waals surface area contributed by atoms with E-state index in [1.807, 2.05) is 74.5 Å². The van der Waals surface area contributed by atoms with E-state index in [2.05, 4.69) is 31.1 Å². The second-order valence-electron chi connectivity index (χ2n) is 7.96. The van der Waals surface area contributed by atoms with Crippen molar-refractivity contribution in [1.29, 1.82) is 0 Å². The number of aromatic hydroxyl groups is 1. The Morgan fingerprint density at radius 2 is 1.64 bits per heavy atom. The van der Waals surface area contributed by atoms with Crippen molar-refractivity contribution in [3.05, 3.63) is 87.9 Å². The van der Waals surface area contributed by atoms with Gasteiger partial charge in [0.15, 0.2) is 5.69 Å². The van der Waals surface area contributed by atoms with Crippen molar-refractivity contribution in [3.8, 4) is 17.1 Å². The summed E-state index contributed by atoms with van der Waals surface area (Å²) in [6, 6.07) is 20.9. The Labute approximate surface area is 198 Å². The van der Waals surface area contributed by atoms with Crippen molar-refractivity contribution in [3.63, 3.8) is 0 Å². The summed E-state index contributed by atoms with van der Waals surface area (Å²) in [6.07, 6.45) is 0. The summed E-state index contributed by atoms with van der Waals surface area (Å²) in [5.41, 5.74) is 5.65. The number of fused-ring (bicyclic) bond motifs is 2. The number of carbonyl (C=O) groups excluding carboxylic acids is 1. The summed E-state index contributed by atoms with van der Waals surface area (Å²) < 4.78 is 0.960. The molecule has 0 aliphatic heterocycles. The van der Waals surface area contributed by atoms with E-state index >= 15 is 0 Å². The molecule has 0 atom stereocenters. The largest absolute Gasteiger partial charge is 0.493 e. The summed E-state index contributed by atoms with van der Waals surface area (Å²) in [5.74, 6) is -0.633. The topological polar surface area (TPSA) is 90.7 Å². The van der Waals surface area contributed by atoms with Gasteiger partial charge in [-0.05, 0) is 56.3 Å². The van der Waals surface area contributed by atoms with Crippen molar-refractivity contribution in [1.82, 2.24) is 9.97 Å². The number of nitrogens with zero attached hydrogens (tertiary/aromatic N) is 3. The first kappa shape index (κ1) is 21.0. The van der Waals surface area contributed by atoms with Crippen molar-refractivity contribution in [2.45, 2.75) is 13.8 Å². The molecule has 0 aliphatic rings. The van der Waals surface area contributed by atoms with E-state index in [-0.39, 0.29) is 11.6 Å². The highest BCUT2D eigenvalue weighted by Gasteiger charge is 2.16. The normalized spacial score (nSPS) is 11.6. The number of benzene rings is 3. The molecule has 2 aromatic heterocycles. The van der Waals surface area contributed by atoms with Gasteiger partial charge < -0.3 is 10.1 Å². The number of rotatable bonds is 3. The van der Waals surface area contributed by atoms with Gasteiger partial charge in [0.25, 0.3) is 5.91 Å². The fraction of sp³-hybridized carbons (Fsp3) is 0.0769. The van der Waals surface area contributed by atoms with Crippen LogP contribution in [0.3, 0.4) is 0 Å². The molecule has 0 unspecified atom stereocenters. The standard InChI is InChI=1S/C26H19BrN4O2/c1-14-3-9-21-18(11-14)19(13-23(28-21)16-5-7-17(27)8-6-16)25(32)31-30-24-20-12-15(2)4-10-22(20)29-26(24)33/h3-13,29,33H,1-2H3. The Morgan fingerprint density at radius 3 is 2.39 bits per heavy atom. The van der Waals surface area contributed by atoms with E-state index in [1.165, 1.54) is 0 Å². The summed E-state index contributed by atoms with van der Waals surface area (Å²) in [4.78, 5) is 20.8. The number of amides is 1. The SMILES string of the molecule is Cc1ccc2nc(-c3ccc(Br)cc3)cc(C(=O)N=Nc3c(O)[nH]c4ccc(C)cc34)c2c1. The van der Waals surface area contributed by atoms with Crippen molar-refractivity contribution >= 4 is 49.3 Å². The second-order valence-corrected chi connectivity index (χ2v) is 8.87. The third kappa shape index (κ3) is 4.03. The Kier molecular flexibility index (Phi) is 5.26. The number of hydrogen-bond acceptors (Lipinski definition) is 4. The fourth-order valence-electron chi connectivity index (χ4n) is 3.81. The lowest BCUT2D eigenvalue weighted by atomic mass is 10.0. The van der Waals surface area contributed by atoms with Crippen LogP contribution in [0.2, 0.25) is 0 Å². The minimum absolute atomic E-state index is 0.127. The molecule has 5 aromatic rings. The van der Waals surface area contributed by atoms with E-state index in [0.29, 0.717) is 27.5 Å². The first-order chi connectivity index (χ1) is 15.9. The van der Waals surface area contributed by atoms with E-state index in [9.17, 15) is 9.90 Å². The molecule has 0 saturated heterocycles. The number of H-pyrrole nitrogens is 1. The minimum atomic E-state index is -0.507. The molecular weight excluding hydrogens is 480 g/mol. The van der Waals surface area contributed by atoms with Crippen molar-refractivity contribution in [2.75, 3.05) is 0 Å². The Morgan fingerprint density at radius 1 is 0.939 bits per heavy atom. The third-order valence-corrected chi connectivity index (χ3v) is 6.01. The van der Waals surface area contributed by atoms with E-state index in [4.69, 9.17) is 4.98 Å². The summed E-state index contributed by atoms with van der Waals surface area (Å²) >= 11 is 3.45. The van der Waals surface area contributed by atoms with Gasteiger partial charge in [-0.25, -0.2) is 4.98 Å². The molecule has 7 heteroatoms. The van der Waals surface area contributed by atoms with E-state index in [1.54, 1.807) is 6.07 Å². The molecule has 0 spiro atoms. The number of aromatic amines is 1. The molecular formula is C26H19BrN4O2. The maximum absolute atomic E-state index is 13.2. The number of carbonyl (C=O) groups is 1. The van der Waals surface area contributed by atoms with Crippen LogP contribution in [0, 0.1) is 13.8 Å². The molecule has 162 valence electrons. The van der Waals surface area contributed by atoms with E-state index < -0.39 is 5.91 Å². The average molecular weight is 499 g/mol. The van der Waals surface area contributed by atoms with Gasteiger partial charge in [0.2, 0.25) is 5.88 Å². The summed E-state index contributed by atoms with van der Waals surface area (Å²) in [5, 5.41) is 19.8. The number of hydrogen-bond donors (Lipinski definition) is 2. The van der Waals surface area contributed by atoms with Crippen LogP contribution in [0.4, 0.5) is 5.69 Å². The van der Waals surface area contributed by atoms with Gasteiger partial charge in [0.1, 0.15) is 0 Å². The van der Waals surface area contributed by atoms with Gasteiger partial charge in [0, 0.05) is 20.8 Å². The van der Waals surface area contributed by atoms with Crippen LogP contribution in [0.5, 0.6) is 5.88 Å². The molecule has 0 saturated carbocycles. The first-order valence-electron chi connectivity index (χ1n) is 10.3. The van der Waals surface area contributed by atoms with Crippen LogP contribution in [0.15, 0.2) is 81.4 Å². The molecule has 6 nitrogen and oxygen atoms in total. The van der Waals surface area contributed by atoms with Crippen LogP contribution in [0.25, 0.3) is 33.1 Å². The van der Waals surface area contributed by atoms with Crippen LogP contribution < -0.4 is 0 Å². The quantitative estimate of drug-likeness (QED) is 0.254. The maximum atomic E-state index is 13.2. The van der Waals surface area contributed by atoms with Gasteiger partial charge in [-0.2, -0.15) is 0 Å². The molecule has 1 amide bonds. The van der Waals surface area contributed by atoms with Gasteiger partial charge >= 0.3 is 0 Å². The molecule has 0 fully saturated rings. The molecule has 2 N–H and O–H groups in total. The Hall–Kier alpha value is -3.84. The highest BCUT2D eigenvalue weighted by molar-refractivity contribution is 9.10. The molecule has 5 rings (SSSR count). The lowest BCUT2D eigenvalue weighted by molar-refractivity contribution is 0.0996. The van der Waals surface area contributed by atoms with Crippen LogP contribution in [-0.2, 0) is 0 Å². The molecule has 0 aliphatic carbocycles. The van der Waals surface area contributed by atoms with Crippen LogP contribution in [-0.4, -0.2) is 21.0 Å². The third-order valence-electron chi connectivity index (χ3n) is 5.48. The Bertz CT molecular complexity index is 1570. The number of pyridine rings is 1. The van der Waals surface area contributed by atoms with Crippen LogP contribution >= 0.6 is 15.9 Å². The molecule has 2 heterocycles. The lowest BCUT2D eigenvalue weighted by Crippen LogP contribution is -1.99. The smallest absolute Gasteiger partial charge is 0.296 e. The van der Waals surface area contributed by atoms with Gasteiger partial charge in [0.05, 0.1) is 22.3 Å². The number of halogens is 1. The van der Waals surface area contributed by atoms with Crippen molar-refractivity contribution in [2.24, 2.45) is 10.2 Å². The van der Waals surface area contributed by atoms with Gasteiger partial charge in [-0.15, -0.1) is 10.2 Å². The summed E-state index contributed by atoms with van der Waals surface area (Å²) in [7, 11) is 0.